The van der Waals surface area contributed by atoms with E-state index in [4.69, 9.17) is 9.84 Å². The van der Waals surface area contributed by atoms with Crippen molar-refractivity contribution < 1.29 is 14.6 Å². The van der Waals surface area contributed by atoms with Crippen molar-refractivity contribution >= 4 is 11.8 Å². The number of nitrogens with zero attached hydrogens (tertiary/aromatic N) is 2. The maximum absolute atomic E-state index is 10.8. The minimum atomic E-state index is -1.03. The summed E-state index contributed by atoms with van der Waals surface area (Å²) in [5.74, 6) is -0.772. The number of ether oxygens (including phenoxy) is 1. The zero-order chi connectivity index (χ0) is 11.3. The topological polar surface area (TPSA) is 84.3 Å². The van der Waals surface area contributed by atoms with Crippen LogP contribution < -0.4 is 5.32 Å². The summed E-state index contributed by atoms with van der Waals surface area (Å²) in [6.45, 7) is 2.33. The Bertz CT molecular complexity index is 343. The van der Waals surface area contributed by atoms with Gasteiger partial charge in [-0.25, -0.2) is 4.79 Å². The Balaban J connectivity index is 2.79. The van der Waals surface area contributed by atoms with Crippen LogP contribution in [0.3, 0.4) is 0 Å². The van der Waals surface area contributed by atoms with Crippen LogP contribution in [0.5, 0.6) is 0 Å². The monoisotopic (exact) mass is 211 g/mol. The molecule has 0 saturated carbocycles. The van der Waals surface area contributed by atoms with Gasteiger partial charge in [-0.1, -0.05) is 0 Å². The fourth-order valence-electron chi connectivity index (χ4n) is 1.14. The van der Waals surface area contributed by atoms with Crippen molar-refractivity contribution in [2.75, 3.05) is 19.0 Å². The minimum Gasteiger partial charge on any atom is -0.478 e. The molecule has 6 heteroatoms. The van der Waals surface area contributed by atoms with Crippen LogP contribution in [0.1, 0.15) is 17.3 Å². The lowest BCUT2D eigenvalue weighted by Crippen LogP contribution is -2.23. The highest BCUT2D eigenvalue weighted by Crippen LogP contribution is 2.11. The van der Waals surface area contributed by atoms with Gasteiger partial charge in [-0.2, -0.15) is 5.10 Å². The van der Waals surface area contributed by atoms with Crippen molar-refractivity contribution in [2.45, 2.75) is 13.0 Å². The number of carboxylic acid groups (broad SMARTS) is 1. The number of methoxy groups -OCH3 is 1. The number of carboxylic acids is 1. The molecule has 1 unspecified atom stereocenters. The molecule has 1 heterocycles. The van der Waals surface area contributed by atoms with Crippen LogP contribution in [0.4, 0.5) is 5.82 Å². The standard InChI is InChI=1S/C9H13N3O3/c1-6(5-15-2)11-8-7(9(13)14)3-4-10-12-8/h3-4,6H,5H2,1-2H3,(H,11,12)(H,13,14). The molecule has 0 aliphatic rings. The van der Waals surface area contributed by atoms with Crippen molar-refractivity contribution in [3.63, 3.8) is 0 Å². The molecule has 0 radical (unpaired) electrons. The first-order valence-corrected chi connectivity index (χ1v) is 4.45. The average Bonchev–Trinajstić information content (AvgIpc) is 2.18. The highest BCUT2D eigenvalue weighted by Gasteiger charge is 2.12. The maximum Gasteiger partial charge on any atom is 0.339 e. The summed E-state index contributed by atoms with van der Waals surface area (Å²) in [6.07, 6.45) is 1.34. The Morgan fingerprint density at radius 1 is 1.73 bits per heavy atom. The van der Waals surface area contributed by atoms with Crippen LogP contribution >= 0.6 is 0 Å². The molecule has 0 aliphatic carbocycles. The number of hydrogen-bond acceptors (Lipinski definition) is 5. The molecule has 0 saturated heterocycles. The average molecular weight is 211 g/mol. The Morgan fingerprint density at radius 2 is 2.47 bits per heavy atom. The van der Waals surface area contributed by atoms with Crippen LogP contribution in [-0.2, 0) is 4.74 Å². The van der Waals surface area contributed by atoms with E-state index in [0.29, 0.717) is 6.61 Å². The van der Waals surface area contributed by atoms with Gasteiger partial charge in [-0.15, -0.1) is 5.10 Å². The lowest BCUT2D eigenvalue weighted by molar-refractivity contribution is 0.0697. The van der Waals surface area contributed by atoms with Gasteiger partial charge >= 0.3 is 5.97 Å². The Hall–Kier alpha value is -1.69. The second-order valence-electron chi connectivity index (χ2n) is 3.10. The molecule has 1 aromatic heterocycles. The van der Waals surface area contributed by atoms with Crippen LogP contribution in [0.25, 0.3) is 0 Å². The Morgan fingerprint density at radius 3 is 3.07 bits per heavy atom. The van der Waals surface area contributed by atoms with E-state index in [1.165, 1.54) is 12.3 Å². The highest BCUT2D eigenvalue weighted by molar-refractivity contribution is 5.92. The van der Waals surface area contributed by atoms with Gasteiger partial charge in [0, 0.05) is 13.2 Å². The van der Waals surface area contributed by atoms with Crippen LogP contribution in [0.15, 0.2) is 12.3 Å². The lowest BCUT2D eigenvalue weighted by Gasteiger charge is -2.13. The molecule has 1 atom stereocenters. The SMILES string of the molecule is COCC(C)Nc1nnccc1C(=O)O. The van der Waals surface area contributed by atoms with Gasteiger partial charge in [0.2, 0.25) is 0 Å². The molecule has 2 N–H and O–H groups in total. The minimum absolute atomic E-state index is 0.0233. The van der Waals surface area contributed by atoms with E-state index in [2.05, 4.69) is 15.5 Å². The first-order valence-electron chi connectivity index (χ1n) is 4.45. The fourth-order valence-corrected chi connectivity index (χ4v) is 1.14. The summed E-state index contributed by atoms with van der Waals surface area (Å²) in [5.41, 5.74) is 0.105. The van der Waals surface area contributed by atoms with Gasteiger partial charge in [-0.3, -0.25) is 0 Å². The molecule has 0 aromatic carbocycles. The number of aromatic nitrogens is 2. The zero-order valence-corrected chi connectivity index (χ0v) is 8.60. The van der Waals surface area contributed by atoms with Gasteiger partial charge in [0.15, 0.2) is 5.82 Å². The first-order chi connectivity index (χ1) is 7.15. The third kappa shape index (κ3) is 3.17. The number of carbonyl (C=O) groups is 1. The predicted molar refractivity (Wildman–Crippen MR) is 54.0 cm³/mol. The second kappa shape index (κ2) is 5.26. The fraction of sp³-hybridized carbons (Fsp3) is 0.444. The van der Waals surface area contributed by atoms with E-state index >= 15 is 0 Å². The molecular formula is C9H13N3O3. The normalized spacial score (nSPS) is 12.1. The third-order valence-corrected chi connectivity index (χ3v) is 1.75. The summed E-state index contributed by atoms with van der Waals surface area (Å²) < 4.78 is 4.92. The highest BCUT2D eigenvalue weighted by atomic mass is 16.5. The van der Waals surface area contributed by atoms with Crippen molar-refractivity contribution in [3.05, 3.63) is 17.8 Å². The van der Waals surface area contributed by atoms with E-state index in [-0.39, 0.29) is 17.4 Å². The number of anilines is 1. The Labute approximate surface area is 87.3 Å². The van der Waals surface area contributed by atoms with Gasteiger partial charge in [-0.05, 0) is 13.0 Å². The summed E-state index contributed by atoms with van der Waals surface area (Å²) in [4.78, 5) is 10.8. The number of aromatic carboxylic acids is 1. The molecule has 15 heavy (non-hydrogen) atoms. The maximum atomic E-state index is 10.8. The van der Waals surface area contributed by atoms with E-state index in [1.807, 2.05) is 6.92 Å². The van der Waals surface area contributed by atoms with Gasteiger partial charge in [0.05, 0.1) is 12.8 Å². The summed E-state index contributed by atoms with van der Waals surface area (Å²) >= 11 is 0. The van der Waals surface area contributed by atoms with Gasteiger partial charge in [0.25, 0.3) is 0 Å². The van der Waals surface area contributed by atoms with E-state index in [9.17, 15) is 4.79 Å². The summed E-state index contributed by atoms with van der Waals surface area (Å²) in [7, 11) is 1.58. The quantitative estimate of drug-likeness (QED) is 0.742. The number of hydrogen-bond donors (Lipinski definition) is 2. The van der Waals surface area contributed by atoms with Crippen molar-refractivity contribution in [3.8, 4) is 0 Å². The number of rotatable bonds is 5. The van der Waals surface area contributed by atoms with E-state index < -0.39 is 5.97 Å². The number of nitrogens with one attached hydrogen (secondary N) is 1. The molecule has 0 spiro atoms. The summed E-state index contributed by atoms with van der Waals surface area (Å²) in [6, 6.07) is 1.38. The van der Waals surface area contributed by atoms with E-state index in [1.54, 1.807) is 7.11 Å². The second-order valence-corrected chi connectivity index (χ2v) is 3.10. The van der Waals surface area contributed by atoms with Crippen molar-refractivity contribution in [1.29, 1.82) is 0 Å². The molecule has 1 aromatic rings. The molecule has 0 amide bonds. The van der Waals surface area contributed by atoms with Crippen LogP contribution in [0.2, 0.25) is 0 Å². The molecule has 0 bridgehead atoms. The lowest BCUT2D eigenvalue weighted by atomic mass is 10.2. The van der Waals surface area contributed by atoms with E-state index in [0.717, 1.165) is 0 Å². The molecule has 6 nitrogen and oxygen atoms in total. The van der Waals surface area contributed by atoms with Gasteiger partial charge in [0.1, 0.15) is 5.56 Å². The first kappa shape index (κ1) is 11.4. The Kier molecular flexibility index (Phi) is 3.99. The van der Waals surface area contributed by atoms with Crippen molar-refractivity contribution in [1.82, 2.24) is 10.2 Å². The predicted octanol–water partition coefficient (Wildman–Crippen LogP) is 0.622. The van der Waals surface area contributed by atoms with Crippen LogP contribution in [0, 0.1) is 0 Å². The van der Waals surface area contributed by atoms with Crippen molar-refractivity contribution in [2.24, 2.45) is 0 Å². The summed E-state index contributed by atoms with van der Waals surface area (Å²) in [5, 5.41) is 19.1. The molecular weight excluding hydrogens is 198 g/mol. The third-order valence-electron chi connectivity index (χ3n) is 1.75. The smallest absolute Gasteiger partial charge is 0.339 e. The van der Waals surface area contributed by atoms with Gasteiger partial charge < -0.3 is 15.2 Å². The zero-order valence-electron chi connectivity index (χ0n) is 8.60. The largest absolute Gasteiger partial charge is 0.478 e. The molecule has 0 aliphatic heterocycles. The molecule has 82 valence electrons. The molecule has 1 rings (SSSR count). The molecule has 0 fully saturated rings. The van der Waals surface area contributed by atoms with Crippen LogP contribution in [-0.4, -0.2) is 41.0 Å².